The lowest BCUT2D eigenvalue weighted by atomic mass is 10.1. The lowest BCUT2D eigenvalue weighted by Gasteiger charge is -2.18. The summed E-state index contributed by atoms with van der Waals surface area (Å²) in [5.41, 5.74) is 2.45. The number of carbonyl (C=O) groups is 2. The summed E-state index contributed by atoms with van der Waals surface area (Å²) in [5.74, 6) is -0.979. The SMILES string of the molecule is Cc1cccc(CCC(=O)NC2CCN(c3cccc(OC(F)(F)F)c3)C2=O)c1. The van der Waals surface area contributed by atoms with E-state index in [0.717, 1.165) is 17.2 Å². The van der Waals surface area contributed by atoms with Crippen LogP contribution in [0.4, 0.5) is 18.9 Å². The lowest BCUT2D eigenvalue weighted by Crippen LogP contribution is -2.41. The summed E-state index contributed by atoms with van der Waals surface area (Å²) in [6, 6.07) is 12.4. The van der Waals surface area contributed by atoms with Crippen molar-refractivity contribution in [3.05, 3.63) is 59.7 Å². The summed E-state index contributed by atoms with van der Waals surface area (Å²) in [7, 11) is 0. The Balaban J connectivity index is 1.57. The second-order valence-electron chi connectivity index (χ2n) is 6.93. The fraction of sp³-hybridized carbons (Fsp3) is 0.333. The van der Waals surface area contributed by atoms with E-state index in [2.05, 4.69) is 10.1 Å². The predicted molar refractivity (Wildman–Crippen MR) is 102 cm³/mol. The van der Waals surface area contributed by atoms with E-state index in [1.807, 2.05) is 31.2 Å². The maximum absolute atomic E-state index is 12.6. The molecular weight excluding hydrogens is 385 g/mol. The van der Waals surface area contributed by atoms with Crippen molar-refractivity contribution in [3.8, 4) is 5.75 Å². The summed E-state index contributed by atoms with van der Waals surface area (Å²) in [6.07, 6.45) is -3.60. The Bertz CT molecular complexity index is 899. The van der Waals surface area contributed by atoms with Gasteiger partial charge in [0, 0.05) is 24.7 Å². The van der Waals surface area contributed by atoms with E-state index in [0.29, 0.717) is 25.1 Å². The van der Waals surface area contributed by atoms with Crippen LogP contribution < -0.4 is 15.0 Å². The molecule has 1 saturated heterocycles. The average molecular weight is 406 g/mol. The maximum atomic E-state index is 12.6. The minimum atomic E-state index is -4.80. The molecule has 1 heterocycles. The first-order chi connectivity index (χ1) is 13.7. The predicted octanol–water partition coefficient (Wildman–Crippen LogP) is 3.75. The Morgan fingerprint density at radius 3 is 2.69 bits per heavy atom. The molecule has 2 aromatic rings. The minimum absolute atomic E-state index is 0.235. The van der Waals surface area contributed by atoms with E-state index < -0.39 is 18.2 Å². The van der Waals surface area contributed by atoms with Crippen LogP contribution in [0.3, 0.4) is 0 Å². The highest BCUT2D eigenvalue weighted by Gasteiger charge is 2.35. The molecule has 1 aliphatic rings. The molecule has 3 rings (SSSR count). The Labute approximate surface area is 166 Å². The molecule has 0 radical (unpaired) electrons. The number of benzene rings is 2. The van der Waals surface area contributed by atoms with Crippen molar-refractivity contribution >= 4 is 17.5 Å². The normalized spacial score (nSPS) is 16.8. The summed E-state index contributed by atoms with van der Waals surface area (Å²) in [5, 5.41) is 2.72. The maximum Gasteiger partial charge on any atom is 0.573 e. The molecule has 0 saturated carbocycles. The third-order valence-electron chi connectivity index (χ3n) is 4.63. The third-order valence-corrected chi connectivity index (χ3v) is 4.63. The van der Waals surface area contributed by atoms with Crippen LogP contribution in [0.1, 0.15) is 24.0 Å². The molecule has 1 unspecified atom stereocenters. The average Bonchev–Trinajstić information content (AvgIpc) is 2.99. The quantitative estimate of drug-likeness (QED) is 0.795. The van der Waals surface area contributed by atoms with Crippen LogP contribution >= 0.6 is 0 Å². The van der Waals surface area contributed by atoms with Gasteiger partial charge in [-0.1, -0.05) is 35.9 Å². The van der Waals surface area contributed by atoms with Gasteiger partial charge in [-0.25, -0.2) is 0 Å². The lowest BCUT2D eigenvalue weighted by molar-refractivity contribution is -0.274. The van der Waals surface area contributed by atoms with Crippen molar-refractivity contribution in [1.29, 1.82) is 0 Å². The Morgan fingerprint density at radius 2 is 1.97 bits per heavy atom. The van der Waals surface area contributed by atoms with Gasteiger partial charge in [0.15, 0.2) is 0 Å². The number of anilines is 1. The number of nitrogens with zero attached hydrogens (tertiary/aromatic N) is 1. The van der Waals surface area contributed by atoms with Crippen LogP contribution in [0.5, 0.6) is 5.75 Å². The van der Waals surface area contributed by atoms with Crippen molar-refractivity contribution in [3.63, 3.8) is 0 Å². The van der Waals surface area contributed by atoms with E-state index in [4.69, 9.17) is 0 Å². The van der Waals surface area contributed by atoms with Gasteiger partial charge in [-0.15, -0.1) is 13.2 Å². The number of halogens is 3. The van der Waals surface area contributed by atoms with E-state index in [1.165, 1.54) is 23.1 Å². The van der Waals surface area contributed by atoms with Crippen LogP contribution in [0, 0.1) is 6.92 Å². The molecule has 1 N–H and O–H groups in total. The summed E-state index contributed by atoms with van der Waals surface area (Å²) in [6.45, 7) is 2.28. The van der Waals surface area contributed by atoms with Crippen molar-refractivity contribution in [1.82, 2.24) is 5.32 Å². The van der Waals surface area contributed by atoms with E-state index in [9.17, 15) is 22.8 Å². The topological polar surface area (TPSA) is 58.6 Å². The van der Waals surface area contributed by atoms with Crippen LogP contribution in [0.15, 0.2) is 48.5 Å². The highest BCUT2D eigenvalue weighted by Crippen LogP contribution is 2.29. The van der Waals surface area contributed by atoms with Gasteiger partial charge in [0.05, 0.1) is 0 Å². The van der Waals surface area contributed by atoms with Gasteiger partial charge in [0.2, 0.25) is 11.8 Å². The van der Waals surface area contributed by atoms with Gasteiger partial charge in [0.1, 0.15) is 11.8 Å². The van der Waals surface area contributed by atoms with Crippen molar-refractivity contribution in [2.45, 2.75) is 38.6 Å². The molecule has 1 atom stereocenters. The number of aryl methyl sites for hydroxylation is 2. The zero-order valence-electron chi connectivity index (χ0n) is 15.8. The third kappa shape index (κ3) is 5.73. The monoisotopic (exact) mass is 406 g/mol. The first kappa shape index (κ1) is 20.7. The van der Waals surface area contributed by atoms with Crippen LogP contribution in [0.25, 0.3) is 0 Å². The standard InChI is InChI=1S/C21H21F3N2O3/c1-14-4-2-5-15(12-14)8-9-19(27)25-18-10-11-26(20(18)28)16-6-3-7-17(13-16)29-21(22,23)24/h2-7,12-13,18H,8-11H2,1H3,(H,25,27). The molecule has 2 aromatic carbocycles. The van der Waals surface area contributed by atoms with Gasteiger partial charge < -0.3 is 15.0 Å². The Hall–Kier alpha value is -3.03. The fourth-order valence-electron chi connectivity index (χ4n) is 3.31. The number of nitrogens with one attached hydrogen (secondary N) is 1. The van der Waals surface area contributed by atoms with Crippen molar-refractivity contribution in [2.24, 2.45) is 0 Å². The van der Waals surface area contributed by atoms with Crippen molar-refractivity contribution in [2.75, 3.05) is 11.4 Å². The van der Waals surface area contributed by atoms with Crippen LogP contribution in [0.2, 0.25) is 0 Å². The zero-order valence-corrected chi connectivity index (χ0v) is 15.8. The first-order valence-corrected chi connectivity index (χ1v) is 9.23. The molecule has 5 nitrogen and oxygen atoms in total. The highest BCUT2D eigenvalue weighted by molar-refractivity contribution is 6.01. The molecule has 29 heavy (non-hydrogen) atoms. The van der Waals surface area contributed by atoms with Gasteiger partial charge in [0.25, 0.3) is 0 Å². The summed E-state index contributed by atoms with van der Waals surface area (Å²) in [4.78, 5) is 26.2. The second kappa shape index (κ2) is 8.55. The molecule has 2 amide bonds. The number of hydrogen-bond acceptors (Lipinski definition) is 3. The number of ether oxygens (including phenoxy) is 1. The number of carbonyl (C=O) groups excluding carboxylic acids is 2. The number of rotatable bonds is 6. The number of alkyl halides is 3. The summed E-state index contributed by atoms with van der Waals surface area (Å²) >= 11 is 0. The molecular formula is C21H21F3N2O3. The van der Waals surface area contributed by atoms with E-state index in [1.54, 1.807) is 0 Å². The molecule has 0 aromatic heterocycles. The van der Waals surface area contributed by atoms with E-state index >= 15 is 0 Å². The molecule has 0 aliphatic carbocycles. The fourth-order valence-corrected chi connectivity index (χ4v) is 3.31. The molecule has 154 valence electrons. The van der Waals surface area contributed by atoms with Gasteiger partial charge in [-0.3, -0.25) is 9.59 Å². The zero-order chi connectivity index (χ0) is 21.0. The second-order valence-corrected chi connectivity index (χ2v) is 6.93. The molecule has 8 heteroatoms. The smallest absolute Gasteiger partial charge is 0.406 e. The van der Waals surface area contributed by atoms with Crippen molar-refractivity contribution < 1.29 is 27.5 Å². The van der Waals surface area contributed by atoms with Crippen LogP contribution in [-0.4, -0.2) is 30.8 Å². The number of hydrogen-bond donors (Lipinski definition) is 1. The molecule has 1 fully saturated rings. The van der Waals surface area contributed by atoms with Gasteiger partial charge >= 0.3 is 6.36 Å². The summed E-state index contributed by atoms with van der Waals surface area (Å²) < 4.78 is 41.1. The Kier molecular flexibility index (Phi) is 6.10. The first-order valence-electron chi connectivity index (χ1n) is 9.23. The van der Waals surface area contributed by atoms with Gasteiger partial charge in [-0.2, -0.15) is 0 Å². The molecule has 1 aliphatic heterocycles. The molecule has 0 spiro atoms. The molecule has 0 bridgehead atoms. The minimum Gasteiger partial charge on any atom is -0.406 e. The van der Waals surface area contributed by atoms with Crippen LogP contribution in [-0.2, 0) is 16.0 Å². The van der Waals surface area contributed by atoms with E-state index in [-0.39, 0.29) is 18.2 Å². The number of amides is 2. The van der Waals surface area contributed by atoms with Gasteiger partial charge in [-0.05, 0) is 37.5 Å². The Morgan fingerprint density at radius 1 is 1.21 bits per heavy atom. The highest BCUT2D eigenvalue weighted by atomic mass is 19.4. The largest absolute Gasteiger partial charge is 0.573 e.